The first-order valence-corrected chi connectivity index (χ1v) is 8.51. The van der Waals surface area contributed by atoms with E-state index in [0.29, 0.717) is 33.4 Å². The molecule has 0 aliphatic heterocycles. The SMILES string of the molecule is O=S(=O)(c1ccccc1)[C@H]1C2C3[C@@H]2C[C@@H]1[C@@H]3Br. The van der Waals surface area contributed by atoms with Crippen LogP contribution in [-0.4, -0.2) is 18.5 Å². The minimum atomic E-state index is -3.12. The van der Waals surface area contributed by atoms with Crippen molar-refractivity contribution in [2.45, 2.75) is 21.4 Å². The zero-order chi connectivity index (χ0) is 11.8. The Bertz CT molecular complexity index is 568. The Hall–Kier alpha value is -0.350. The second-order valence-corrected chi connectivity index (χ2v) is 8.65. The zero-order valence-electron chi connectivity index (χ0n) is 9.16. The molecule has 2 unspecified atom stereocenters. The Labute approximate surface area is 109 Å². The average molecular weight is 313 g/mol. The molecule has 0 heterocycles. The van der Waals surface area contributed by atoms with Gasteiger partial charge in [0.15, 0.2) is 9.84 Å². The van der Waals surface area contributed by atoms with E-state index in [2.05, 4.69) is 15.9 Å². The molecule has 2 nitrogen and oxygen atoms in total. The summed E-state index contributed by atoms with van der Waals surface area (Å²) in [6, 6.07) is 8.93. The molecule has 4 bridgehead atoms. The Morgan fingerprint density at radius 1 is 1.06 bits per heavy atom. The highest BCUT2D eigenvalue weighted by atomic mass is 79.9. The van der Waals surface area contributed by atoms with Gasteiger partial charge >= 0.3 is 0 Å². The summed E-state index contributed by atoms with van der Waals surface area (Å²) in [5.41, 5.74) is 0. The smallest absolute Gasteiger partial charge is 0.181 e. The summed E-state index contributed by atoms with van der Waals surface area (Å²) in [5, 5.41) is -0.121. The van der Waals surface area contributed by atoms with E-state index in [4.69, 9.17) is 0 Å². The van der Waals surface area contributed by atoms with E-state index in [0.717, 1.165) is 6.42 Å². The number of rotatable bonds is 2. The van der Waals surface area contributed by atoms with Crippen LogP contribution in [0.1, 0.15) is 6.42 Å². The predicted octanol–water partition coefficient (Wildman–Crippen LogP) is 2.49. The van der Waals surface area contributed by atoms with Crippen LogP contribution < -0.4 is 0 Å². The van der Waals surface area contributed by atoms with Crippen LogP contribution in [0.25, 0.3) is 0 Å². The van der Waals surface area contributed by atoms with Gasteiger partial charge in [-0.25, -0.2) is 8.42 Å². The van der Waals surface area contributed by atoms with Crippen LogP contribution in [0.3, 0.4) is 0 Å². The standard InChI is InChI=1S/C13H13BrO2S/c14-12-9-6-8-10(12)11(8)13(9)17(15,16)7-4-2-1-3-5-7/h1-5,8-13H,6H2/t8-,9+,10?,11?,12-,13+/m0/s1. The van der Waals surface area contributed by atoms with Gasteiger partial charge in [0, 0.05) is 4.83 Å². The Morgan fingerprint density at radius 2 is 1.76 bits per heavy atom. The first kappa shape index (κ1) is 10.6. The first-order valence-electron chi connectivity index (χ1n) is 6.05. The highest BCUT2D eigenvalue weighted by Crippen LogP contribution is 2.74. The molecule has 4 heteroatoms. The fourth-order valence-electron chi connectivity index (χ4n) is 4.19. The maximum absolute atomic E-state index is 12.6. The van der Waals surface area contributed by atoms with Crippen LogP contribution in [0.5, 0.6) is 0 Å². The van der Waals surface area contributed by atoms with Crippen molar-refractivity contribution in [2.75, 3.05) is 0 Å². The van der Waals surface area contributed by atoms with Crippen molar-refractivity contribution in [2.24, 2.45) is 23.7 Å². The van der Waals surface area contributed by atoms with Gasteiger partial charge < -0.3 is 0 Å². The monoisotopic (exact) mass is 312 g/mol. The highest BCUT2D eigenvalue weighted by molar-refractivity contribution is 9.09. The predicted molar refractivity (Wildman–Crippen MR) is 68.7 cm³/mol. The van der Waals surface area contributed by atoms with Crippen molar-refractivity contribution >= 4 is 25.8 Å². The maximum Gasteiger partial charge on any atom is 0.181 e. The number of halogens is 1. The maximum atomic E-state index is 12.6. The molecule has 0 radical (unpaired) electrons. The van der Waals surface area contributed by atoms with E-state index < -0.39 is 9.84 Å². The minimum Gasteiger partial charge on any atom is -0.223 e. The Balaban J connectivity index is 1.78. The summed E-state index contributed by atoms with van der Waals surface area (Å²) in [7, 11) is -3.12. The highest BCUT2D eigenvalue weighted by Gasteiger charge is 2.75. The van der Waals surface area contributed by atoms with Crippen LogP contribution in [0, 0.1) is 23.7 Å². The third-order valence-corrected chi connectivity index (χ3v) is 8.44. The molecule has 0 saturated heterocycles. The van der Waals surface area contributed by atoms with Crippen molar-refractivity contribution in [1.29, 1.82) is 0 Å². The van der Waals surface area contributed by atoms with Crippen molar-refractivity contribution in [1.82, 2.24) is 0 Å². The number of hydrogen-bond acceptors (Lipinski definition) is 2. The molecule has 0 amide bonds. The van der Waals surface area contributed by atoms with Crippen LogP contribution >= 0.6 is 15.9 Å². The molecule has 0 spiro atoms. The lowest BCUT2D eigenvalue weighted by Crippen LogP contribution is -2.27. The van der Waals surface area contributed by atoms with Gasteiger partial charge in [0.25, 0.3) is 0 Å². The van der Waals surface area contributed by atoms with Crippen molar-refractivity contribution in [3.05, 3.63) is 30.3 Å². The second kappa shape index (κ2) is 3.15. The van der Waals surface area contributed by atoms with E-state index >= 15 is 0 Å². The Morgan fingerprint density at radius 3 is 2.24 bits per heavy atom. The van der Waals surface area contributed by atoms with Gasteiger partial charge in [-0.15, -0.1) is 0 Å². The van der Waals surface area contributed by atoms with E-state index in [1.165, 1.54) is 0 Å². The molecular formula is C13H13BrO2S. The average Bonchev–Trinajstić information content (AvgIpc) is 2.64. The molecule has 1 aromatic rings. The van der Waals surface area contributed by atoms with Crippen molar-refractivity contribution < 1.29 is 8.42 Å². The molecule has 1 aromatic carbocycles. The number of hydrogen-bond donors (Lipinski definition) is 0. The lowest BCUT2D eigenvalue weighted by atomic mass is 10.1. The van der Waals surface area contributed by atoms with Crippen LogP contribution in [0.15, 0.2) is 35.2 Å². The van der Waals surface area contributed by atoms with Gasteiger partial charge in [-0.3, -0.25) is 0 Å². The summed E-state index contributed by atoms with van der Waals surface area (Å²) < 4.78 is 25.3. The molecule has 4 saturated carbocycles. The first-order chi connectivity index (χ1) is 8.12. The summed E-state index contributed by atoms with van der Waals surface area (Å²) in [4.78, 5) is 0.948. The van der Waals surface area contributed by atoms with E-state index in [1.54, 1.807) is 12.1 Å². The van der Waals surface area contributed by atoms with Gasteiger partial charge in [0.2, 0.25) is 0 Å². The van der Waals surface area contributed by atoms with E-state index in [1.807, 2.05) is 18.2 Å². The third-order valence-electron chi connectivity index (χ3n) is 4.84. The Kier molecular flexibility index (Phi) is 1.96. The van der Waals surface area contributed by atoms with Gasteiger partial charge in [0.05, 0.1) is 10.1 Å². The minimum absolute atomic E-state index is 0.121. The summed E-state index contributed by atoms with van der Waals surface area (Å²) in [5.74, 6) is 2.12. The van der Waals surface area contributed by atoms with Crippen molar-refractivity contribution in [3.63, 3.8) is 0 Å². The normalized spacial score (nSPS) is 46.2. The molecular weight excluding hydrogens is 300 g/mol. The van der Waals surface area contributed by atoms with Gasteiger partial charge in [0.1, 0.15) is 0 Å². The summed E-state index contributed by atoms with van der Waals surface area (Å²) in [6.07, 6.45) is 1.11. The van der Waals surface area contributed by atoms with Crippen LogP contribution in [0.4, 0.5) is 0 Å². The molecule has 90 valence electrons. The molecule has 4 aliphatic rings. The molecule has 17 heavy (non-hydrogen) atoms. The van der Waals surface area contributed by atoms with E-state index in [-0.39, 0.29) is 5.25 Å². The fraction of sp³-hybridized carbons (Fsp3) is 0.538. The second-order valence-electron chi connectivity index (χ2n) is 5.49. The molecule has 0 aromatic heterocycles. The topological polar surface area (TPSA) is 34.1 Å². The van der Waals surface area contributed by atoms with Gasteiger partial charge in [-0.05, 0) is 42.2 Å². The van der Waals surface area contributed by atoms with Gasteiger partial charge in [-0.2, -0.15) is 0 Å². The molecule has 0 N–H and O–H groups in total. The van der Waals surface area contributed by atoms with Crippen LogP contribution in [-0.2, 0) is 9.84 Å². The lowest BCUT2D eigenvalue weighted by Gasteiger charge is -2.17. The summed E-state index contributed by atoms with van der Waals surface area (Å²) >= 11 is 3.69. The number of alkyl halides is 1. The van der Waals surface area contributed by atoms with Crippen molar-refractivity contribution in [3.8, 4) is 0 Å². The number of sulfone groups is 1. The lowest BCUT2D eigenvalue weighted by molar-refractivity contribution is 0.547. The quantitative estimate of drug-likeness (QED) is 0.786. The van der Waals surface area contributed by atoms with E-state index in [9.17, 15) is 8.42 Å². The molecule has 5 rings (SSSR count). The van der Waals surface area contributed by atoms with Gasteiger partial charge in [-0.1, -0.05) is 34.1 Å². The number of benzene rings is 1. The third kappa shape index (κ3) is 1.18. The molecule has 4 fully saturated rings. The summed E-state index contributed by atoms with van der Waals surface area (Å²) in [6.45, 7) is 0. The molecule has 6 atom stereocenters. The largest absolute Gasteiger partial charge is 0.223 e. The zero-order valence-corrected chi connectivity index (χ0v) is 11.6. The molecule has 4 aliphatic carbocycles. The van der Waals surface area contributed by atoms with Crippen LogP contribution in [0.2, 0.25) is 0 Å². The fourth-order valence-corrected chi connectivity index (χ4v) is 8.07.